The minimum atomic E-state index is -0.589. The highest BCUT2D eigenvalue weighted by molar-refractivity contribution is 5.17. The molecule has 0 radical (unpaired) electrons. The maximum Gasteiger partial charge on any atom is 0.0700 e. The molecule has 1 aromatic carbocycles. The lowest BCUT2D eigenvalue weighted by molar-refractivity contribution is -0.0102. The van der Waals surface area contributed by atoms with E-state index >= 15 is 0 Å². The second kappa shape index (κ2) is 4.98. The van der Waals surface area contributed by atoms with Crippen LogP contribution in [0.5, 0.6) is 0 Å². The van der Waals surface area contributed by atoms with E-state index in [-0.39, 0.29) is 0 Å². The number of hydrogen-bond donors (Lipinski definition) is 2. The van der Waals surface area contributed by atoms with Crippen LogP contribution in [0.3, 0.4) is 0 Å². The Labute approximate surface area is 97.7 Å². The predicted molar refractivity (Wildman–Crippen MR) is 66.4 cm³/mol. The van der Waals surface area contributed by atoms with E-state index in [2.05, 4.69) is 17.4 Å². The molecule has 88 valence electrons. The van der Waals surface area contributed by atoms with Crippen LogP contribution in [-0.4, -0.2) is 23.8 Å². The number of piperidine rings is 1. The number of aliphatic hydroxyl groups is 1. The van der Waals surface area contributed by atoms with Crippen LogP contribution in [0.1, 0.15) is 25.3 Å². The topological polar surface area (TPSA) is 32.3 Å². The molecule has 1 fully saturated rings. The van der Waals surface area contributed by atoms with Crippen molar-refractivity contribution < 1.29 is 5.11 Å². The van der Waals surface area contributed by atoms with Gasteiger partial charge in [0.25, 0.3) is 0 Å². The fraction of sp³-hybridized carbons (Fsp3) is 0.571. The Bertz CT molecular complexity index is 315. The van der Waals surface area contributed by atoms with Crippen molar-refractivity contribution in [2.45, 2.75) is 31.8 Å². The number of benzene rings is 1. The lowest BCUT2D eigenvalue weighted by Crippen LogP contribution is -2.45. The zero-order valence-electron chi connectivity index (χ0n) is 9.95. The monoisotopic (exact) mass is 219 g/mol. The highest BCUT2D eigenvalue weighted by Gasteiger charge is 2.32. The molecule has 0 saturated carbocycles. The highest BCUT2D eigenvalue weighted by atomic mass is 16.3. The fourth-order valence-corrected chi connectivity index (χ4v) is 2.54. The van der Waals surface area contributed by atoms with E-state index in [1.54, 1.807) is 0 Å². The summed E-state index contributed by atoms with van der Waals surface area (Å²) < 4.78 is 0. The first kappa shape index (κ1) is 11.6. The molecule has 2 unspecified atom stereocenters. The SMILES string of the molecule is CC(O)(Cc1ccccc1)C1CCCNC1. The third kappa shape index (κ3) is 2.83. The summed E-state index contributed by atoms with van der Waals surface area (Å²) in [5.74, 6) is 0.376. The summed E-state index contributed by atoms with van der Waals surface area (Å²) in [5, 5.41) is 13.9. The van der Waals surface area contributed by atoms with Gasteiger partial charge in [0.15, 0.2) is 0 Å². The maximum atomic E-state index is 10.6. The van der Waals surface area contributed by atoms with Gasteiger partial charge in [0, 0.05) is 18.9 Å². The van der Waals surface area contributed by atoms with E-state index in [1.165, 1.54) is 12.0 Å². The van der Waals surface area contributed by atoms with Gasteiger partial charge < -0.3 is 10.4 Å². The van der Waals surface area contributed by atoms with Crippen LogP contribution in [0.25, 0.3) is 0 Å². The van der Waals surface area contributed by atoms with Crippen molar-refractivity contribution in [1.29, 1.82) is 0 Å². The van der Waals surface area contributed by atoms with Crippen molar-refractivity contribution in [2.24, 2.45) is 5.92 Å². The average Bonchev–Trinajstić information content (AvgIpc) is 2.31. The normalized spacial score (nSPS) is 25.0. The van der Waals surface area contributed by atoms with E-state index in [1.807, 2.05) is 25.1 Å². The Morgan fingerprint density at radius 1 is 1.38 bits per heavy atom. The van der Waals surface area contributed by atoms with Crippen LogP contribution in [0.2, 0.25) is 0 Å². The quantitative estimate of drug-likeness (QED) is 0.814. The van der Waals surface area contributed by atoms with Gasteiger partial charge in [-0.15, -0.1) is 0 Å². The second-order valence-electron chi connectivity index (χ2n) is 5.06. The van der Waals surface area contributed by atoms with E-state index in [0.717, 1.165) is 25.9 Å². The lowest BCUT2D eigenvalue weighted by Gasteiger charge is -2.36. The minimum absolute atomic E-state index is 0.376. The van der Waals surface area contributed by atoms with Crippen LogP contribution in [0, 0.1) is 5.92 Å². The maximum absolute atomic E-state index is 10.6. The van der Waals surface area contributed by atoms with Crippen molar-refractivity contribution in [2.75, 3.05) is 13.1 Å². The standard InChI is InChI=1S/C14H21NO/c1-14(16,13-8-5-9-15-11-13)10-12-6-3-2-4-7-12/h2-4,6-7,13,15-16H,5,8-11H2,1H3. The zero-order valence-corrected chi connectivity index (χ0v) is 9.95. The predicted octanol–water partition coefficient (Wildman–Crippen LogP) is 1.98. The first-order chi connectivity index (χ1) is 7.68. The van der Waals surface area contributed by atoms with Crippen molar-refractivity contribution in [3.8, 4) is 0 Å². The summed E-state index contributed by atoms with van der Waals surface area (Å²) in [5.41, 5.74) is 0.632. The Hall–Kier alpha value is -0.860. The van der Waals surface area contributed by atoms with E-state index < -0.39 is 5.60 Å². The van der Waals surface area contributed by atoms with Gasteiger partial charge >= 0.3 is 0 Å². The van der Waals surface area contributed by atoms with Gasteiger partial charge in [-0.25, -0.2) is 0 Å². The van der Waals surface area contributed by atoms with Gasteiger partial charge in [-0.05, 0) is 31.9 Å². The lowest BCUT2D eigenvalue weighted by atomic mass is 9.79. The number of rotatable bonds is 3. The molecular formula is C14H21NO. The Morgan fingerprint density at radius 2 is 2.12 bits per heavy atom. The van der Waals surface area contributed by atoms with Gasteiger partial charge in [-0.1, -0.05) is 30.3 Å². The van der Waals surface area contributed by atoms with E-state index in [0.29, 0.717) is 5.92 Å². The first-order valence-electron chi connectivity index (χ1n) is 6.15. The third-order valence-corrected chi connectivity index (χ3v) is 3.58. The average molecular weight is 219 g/mol. The highest BCUT2D eigenvalue weighted by Crippen LogP contribution is 2.27. The van der Waals surface area contributed by atoms with Crippen LogP contribution in [0.15, 0.2) is 30.3 Å². The van der Waals surface area contributed by atoms with Crippen LogP contribution >= 0.6 is 0 Å². The molecule has 0 aliphatic carbocycles. The van der Waals surface area contributed by atoms with Gasteiger partial charge in [0.2, 0.25) is 0 Å². The smallest absolute Gasteiger partial charge is 0.0700 e. The summed E-state index contributed by atoms with van der Waals surface area (Å²) in [6, 6.07) is 10.3. The fourth-order valence-electron chi connectivity index (χ4n) is 2.54. The van der Waals surface area contributed by atoms with Crippen molar-refractivity contribution in [3.63, 3.8) is 0 Å². The van der Waals surface area contributed by atoms with Gasteiger partial charge in [0.05, 0.1) is 5.60 Å². The summed E-state index contributed by atoms with van der Waals surface area (Å²) in [6.07, 6.45) is 3.06. The molecule has 1 aliphatic heterocycles. The number of nitrogens with one attached hydrogen (secondary N) is 1. The molecule has 2 nitrogen and oxygen atoms in total. The summed E-state index contributed by atoms with van der Waals surface area (Å²) in [4.78, 5) is 0. The molecule has 0 amide bonds. The van der Waals surface area contributed by atoms with Crippen LogP contribution < -0.4 is 5.32 Å². The first-order valence-corrected chi connectivity index (χ1v) is 6.15. The minimum Gasteiger partial charge on any atom is -0.389 e. The van der Waals surface area contributed by atoms with Crippen LogP contribution in [0.4, 0.5) is 0 Å². The molecule has 1 saturated heterocycles. The summed E-state index contributed by atoms with van der Waals surface area (Å²) >= 11 is 0. The molecule has 2 heteroatoms. The van der Waals surface area contributed by atoms with E-state index in [4.69, 9.17) is 0 Å². The molecule has 2 rings (SSSR count). The molecule has 1 heterocycles. The zero-order chi connectivity index (χ0) is 11.4. The molecule has 0 spiro atoms. The van der Waals surface area contributed by atoms with Crippen LogP contribution in [-0.2, 0) is 6.42 Å². The Kier molecular flexibility index (Phi) is 3.62. The van der Waals surface area contributed by atoms with Gasteiger partial charge in [-0.3, -0.25) is 0 Å². The molecule has 0 aromatic heterocycles. The van der Waals surface area contributed by atoms with Crippen molar-refractivity contribution >= 4 is 0 Å². The molecular weight excluding hydrogens is 198 g/mol. The Balaban J connectivity index is 2.01. The summed E-state index contributed by atoms with van der Waals surface area (Å²) in [7, 11) is 0. The molecule has 1 aromatic rings. The molecule has 0 bridgehead atoms. The summed E-state index contributed by atoms with van der Waals surface area (Å²) in [6.45, 7) is 4.01. The second-order valence-corrected chi connectivity index (χ2v) is 5.06. The molecule has 1 aliphatic rings. The van der Waals surface area contributed by atoms with Crippen molar-refractivity contribution in [3.05, 3.63) is 35.9 Å². The van der Waals surface area contributed by atoms with Crippen molar-refractivity contribution in [1.82, 2.24) is 5.32 Å². The molecule has 16 heavy (non-hydrogen) atoms. The third-order valence-electron chi connectivity index (χ3n) is 3.58. The Morgan fingerprint density at radius 3 is 2.75 bits per heavy atom. The molecule has 2 atom stereocenters. The van der Waals surface area contributed by atoms with Gasteiger partial charge in [-0.2, -0.15) is 0 Å². The largest absolute Gasteiger partial charge is 0.389 e. The van der Waals surface area contributed by atoms with Gasteiger partial charge in [0.1, 0.15) is 0 Å². The van der Waals surface area contributed by atoms with E-state index in [9.17, 15) is 5.11 Å². The molecule has 2 N–H and O–H groups in total. The number of hydrogen-bond acceptors (Lipinski definition) is 2.